The van der Waals surface area contributed by atoms with Crippen LogP contribution in [0.5, 0.6) is 5.75 Å². The first-order valence-corrected chi connectivity index (χ1v) is 11.9. The molecule has 5 rings (SSSR count). The van der Waals surface area contributed by atoms with Gasteiger partial charge in [-0.05, 0) is 48.4 Å². The number of aromatic nitrogens is 2. The molecule has 0 fully saturated rings. The van der Waals surface area contributed by atoms with E-state index in [1.54, 1.807) is 23.4 Å². The fraction of sp³-hybridized carbons (Fsp3) is 0.107. The third-order valence-corrected chi connectivity index (χ3v) is 6.49. The second-order valence-corrected chi connectivity index (χ2v) is 8.84. The smallest absolute Gasteiger partial charge is 0.260 e. The summed E-state index contributed by atoms with van der Waals surface area (Å²) in [6, 6.07) is 29.3. The number of nitrogens with zero attached hydrogens (tertiary/aromatic N) is 3. The predicted octanol–water partition coefficient (Wildman–Crippen LogP) is 6.16. The zero-order valence-corrected chi connectivity index (χ0v) is 19.3. The second kappa shape index (κ2) is 10.3. The van der Waals surface area contributed by atoms with Crippen LogP contribution in [0, 0.1) is 0 Å². The van der Waals surface area contributed by atoms with E-state index in [1.165, 1.54) is 16.9 Å². The standard InChI is InChI=1S/C28H23N3O2S/c32-27(23-11-6-12-24(18-23)33-20-22-10-7-16-29-19-22)31(17-15-21-8-2-1-3-9-21)28-30-25-13-4-5-14-26(25)34-28/h1-14,16,18-19H,15,17,20H2. The van der Waals surface area contributed by atoms with E-state index in [9.17, 15) is 4.79 Å². The molecule has 2 aromatic heterocycles. The van der Waals surface area contributed by atoms with Crippen LogP contribution in [0.1, 0.15) is 21.5 Å². The fourth-order valence-corrected chi connectivity index (χ4v) is 4.66. The number of carbonyl (C=O) groups excluding carboxylic acids is 1. The number of hydrogen-bond acceptors (Lipinski definition) is 5. The van der Waals surface area contributed by atoms with E-state index in [4.69, 9.17) is 9.72 Å². The molecular weight excluding hydrogens is 442 g/mol. The van der Waals surface area contributed by atoms with Crippen LogP contribution in [-0.4, -0.2) is 22.4 Å². The summed E-state index contributed by atoms with van der Waals surface area (Å²) in [7, 11) is 0. The molecule has 0 saturated carbocycles. The van der Waals surface area contributed by atoms with Crippen molar-refractivity contribution in [1.82, 2.24) is 9.97 Å². The van der Waals surface area contributed by atoms with Crippen molar-refractivity contribution < 1.29 is 9.53 Å². The number of carbonyl (C=O) groups is 1. The molecule has 168 valence electrons. The van der Waals surface area contributed by atoms with Gasteiger partial charge in [0.05, 0.1) is 10.2 Å². The number of fused-ring (bicyclic) bond motifs is 1. The number of para-hydroxylation sites is 1. The van der Waals surface area contributed by atoms with Gasteiger partial charge in [0.1, 0.15) is 12.4 Å². The summed E-state index contributed by atoms with van der Waals surface area (Å²) in [5, 5.41) is 0.698. The molecule has 3 aromatic carbocycles. The van der Waals surface area contributed by atoms with Gasteiger partial charge in [-0.3, -0.25) is 14.7 Å². The molecule has 0 aliphatic rings. The first-order chi connectivity index (χ1) is 16.8. The van der Waals surface area contributed by atoms with Gasteiger partial charge in [-0.2, -0.15) is 0 Å². The topological polar surface area (TPSA) is 55.3 Å². The zero-order valence-electron chi connectivity index (χ0n) is 18.5. The number of thiazole rings is 1. The van der Waals surface area contributed by atoms with Gasteiger partial charge < -0.3 is 4.74 Å². The van der Waals surface area contributed by atoms with Gasteiger partial charge in [-0.1, -0.05) is 65.9 Å². The fourth-order valence-electron chi connectivity index (χ4n) is 3.67. The maximum atomic E-state index is 13.7. The van der Waals surface area contributed by atoms with Crippen LogP contribution in [0.25, 0.3) is 10.2 Å². The predicted molar refractivity (Wildman–Crippen MR) is 136 cm³/mol. The Bertz CT molecular complexity index is 1350. The largest absolute Gasteiger partial charge is 0.489 e. The van der Waals surface area contributed by atoms with Gasteiger partial charge in [0.15, 0.2) is 5.13 Å². The molecule has 0 unspecified atom stereocenters. The molecule has 0 saturated heterocycles. The Kier molecular flexibility index (Phi) is 6.59. The van der Waals surface area contributed by atoms with E-state index in [2.05, 4.69) is 17.1 Å². The SMILES string of the molecule is O=C(c1cccc(OCc2cccnc2)c1)N(CCc1ccccc1)c1nc2ccccc2s1. The van der Waals surface area contributed by atoms with E-state index in [-0.39, 0.29) is 5.91 Å². The van der Waals surface area contributed by atoms with Gasteiger partial charge >= 0.3 is 0 Å². The van der Waals surface area contributed by atoms with E-state index in [0.29, 0.717) is 29.6 Å². The Morgan fingerprint density at radius 2 is 1.71 bits per heavy atom. The van der Waals surface area contributed by atoms with E-state index in [0.717, 1.165) is 22.2 Å². The summed E-state index contributed by atoms with van der Waals surface area (Å²) in [5.74, 6) is 0.545. The number of pyridine rings is 1. The normalized spacial score (nSPS) is 10.8. The number of amides is 1. The molecule has 0 spiro atoms. The number of ether oxygens (including phenoxy) is 1. The van der Waals surface area contributed by atoms with Crippen LogP contribution in [-0.2, 0) is 13.0 Å². The summed E-state index contributed by atoms with van der Waals surface area (Å²) in [6.45, 7) is 0.921. The average Bonchev–Trinajstić information content (AvgIpc) is 3.33. The van der Waals surface area contributed by atoms with Crippen LogP contribution in [0.4, 0.5) is 5.13 Å². The van der Waals surface area contributed by atoms with Gasteiger partial charge in [-0.25, -0.2) is 4.98 Å². The molecule has 2 heterocycles. The highest BCUT2D eigenvalue weighted by Crippen LogP contribution is 2.30. The third kappa shape index (κ3) is 5.13. The lowest BCUT2D eigenvalue weighted by molar-refractivity contribution is 0.0986. The van der Waals surface area contributed by atoms with Crippen LogP contribution >= 0.6 is 11.3 Å². The lowest BCUT2D eigenvalue weighted by Crippen LogP contribution is -2.32. The molecule has 0 radical (unpaired) electrons. The maximum absolute atomic E-state index is 13.7. The van der Waals surface area contributed by atoms with Crippen molar-refractivity contribution in [1.29, 1.82) is 0 Å². The average molecular weight is 466 g/mol. The van der Waals surface area contributed by atoms with Crippen molar-refractivity contribution in [3.05, 3.63) is 120 Å². The number of rotatable bonds is 8. The Morgan fingerprint density at radius 3 is 2.53 bits per heavy atom. The highest BCUT2D eigenvalue weighted by molar-refractivity contribution is 7.22. The molecule has 0 bridgehead atoms. The zero-order chi connectivity index (χ0) is 23.2. The van der Waals surface area contributed by atoms with E-state index < -0.39 is 0 Å². The molecule has 0 N–H and O–H groups in total. The van der Waals surface area contributed by atoms with Gasteiger partial charge in [0.2, 0.25) is 0 Å². The first-order valence-electron chi connectivity index (χ1n) is 11.1. The van der Waals surface area contributed by atoms with Crippen molar-refractivity contribution in [3.63, 3.8) is 0 Å². The molecule has 0 aliphatic carbocycles. The first kappa shape index (κ1) is 21.8. The van der Waals surface area contributed by atoms with Crippen LogP contribution in [0.2, 0.25) is 0 Å². The van der Waals surface area contributed by atoms with Crippen molar-refractivity contribution in [3.8, 4) is 5.75 Å². The summed E-state index contributed by atoms with van der Waals surface area (Å²) in [6.07, 6.45) is 4.24. The molecule has 5 aromatic rings. The van der Waals surface area contributed by atoms with Crippen molar-refractivity contribution >= 4 is 32.6 Å². The van der Waals surface area contributed by atoms with Crippen LogP contribution < -0.4 is 9.64 Å². The quantitative estimate of drug-likeness (QED) is 0.275. The molecule has 0 aliphatic heterocycles. The molecular formula is C28H23N3O2S. The Morgan fingerprint density at radius 1 is 0.882 bits per heavy atom. The highest BCUT2D eigenvalue weighted by atomic mass is 32.1. The molecule has 0 atom stereocenters. The van der Waals surface area contributed by atoms with E-state index in [1.807, 2.05) is 72.8 Å². The molecule has 34 heavy (non-hydrogen) atoms. The van der Waals surface area contributed by atoms with Crippen molar-refractivity contribution in [2.75, 3.05) is 11.4 Å². The van der Waals surface area contributed by atoms with Crippen LogP contribution in [0.3, 0.4) is 0 Å². The van der Waals surface area contributed by atoms with E-state index >= 15 is 0 Å². The number of anilines is 1. The minimum atomic E-state index is -0.0955. The Hall–Kier alpha value is -4.03. The van der Waals surface area contributed by atoms with Gasteiger partial charge in [0, 0.05) is 30.1 Å². The lowest BCUT2D eigenvalue weighted by Gasteiger charge is -2.20. The monoisotopic (exact) mass is 465 g/mol. The minimum absolute atomic E-state index is 0.0955. The van der Waals surface area contributed by atoms with Gasteiger partial charge in [0.25, 0.3) is 5.91 Å². The number of hydrogen-bond donors (Lipinski definition) is 0. The number of benzene rings is 3. The minimum Gasteiger partial charge on any atom is -0.489 e. The summed E-state index contributed by atoms with van der Waals surface area (Å²) >= 11 is 1.53. The second-order valence-electron chi connectivity index (χ2n) is 7.83. The molecule has 1 amide bonds. The highest BCUT2D eigenvalue weighted by Gasteiger charge is 2.21. The summed E-state index contributed by atoms with van der Waals surface area (Å²) < 4.78 is 6.98. The van der Waals surface area contributed by atoms with Gasteiger partial charge in [-0.15, -0.1) is 0 Å². The maximum Gasteiger partial charge on any atom is 0.260 e. The lowest BCUT2D eigenvalue weighted by atomic mass is 10.1. The third-order valence-electron chi connectivity index (χ3n) is 5.43. The Labute approximate surface area is 202 Å². The summed E-state index contributed by atoms with van der Waals surface area (Å²) in [4.78, 5) is 24.3. The van der Waals surface area contributed by atoms with Crippen LogP contribution in [0.15, 0.2) is 103 Å². The van der Waals surface area contributed by atoms with Crippen molar-refractivity contribution in [2.24, 2.45) is 0 Å². The molecule has 5 nitrogen and oxygen atoms in total. The summed E-state index contributed by atoms with van der Waals surface area (Å²) in [5.41, 5.74) is 3.61. The van der Waals surface area contributed by atoms with Crippen molar-refractivity contribution in [2.45, 2.75) is 13.0 Å². The Balaban J connectivity index is 1.40. The molecule has 6 heteroatoms.